The van der Waals surface area contributed by atoms with Gasteiger partial charge in [-0.25, -0.2) is 4.79 Å². The second-order valence-corrected chi connectivity index (χ2v) is 8.51. The fraction of sp³-hybridized carbons (Fsp3) is 0.944. The smallest absolute Gasteiger partial charge is 0.410 e. The normalized spacial score (nSPS) is 36.2. The Morgan fingerprint density at radius 1 is 1.29 bits per heavy atom. The van der Waals surface area contributed by atoms with Gasteiger partial charge < -0.3 is 24.4 Å². The summed E-state index contributed by atoms with van der Waals surface area (Å²) in [7, 11) is 1.77. The maximum Gasteiger partial charge on any atom is 0.410 e. The first-order chi connectivity index (χ1) is 11.3. The van der Waals surface area contributed by atoms with Crippen LogP contribution in [0.2, 0.25) is 0 Å². The SMILES string of the molecule is COC1(CNC2CC3CCC(C2)N3C(=O)OC(C)(C)C)CCOC1. The first-order valence-electron chi connectivity index (χ1n) is 9.19. The molecular weight excluding hydrogens is 308 g/mol. The molecule has 2 bridgehead atoms. The zero-order valence-corrected chi connectivity index (χ0v) is 15.5. The lowest BCUT2D eigenvalue weighted by Crippen LogP contribution is -2.55. The van der Waals surface area contributed by atoms with Crippen LogP contribution in [0.1, 0.15) is 52.9 Å². The zero-order chi connectivity index (χ0) is 17.4. The van der Waals surface area contributed by atoms with E-state index in [9.17, 15) is 4.79 Å². The lowest BCUT2D eigenvalue weighted by Gasteiger charge is -2.40. The number of ether oxygens (including phenoxy) is 3. The molecule has 0 spiro atoms. The molecule has 6 heteroatoms. The standard InChI is InChI=1S/C18H32N2O4/c1-17(2,3)24-16(21)20-14-5-6-15(20)10-13(9-14)19-11-18(22-4)7-8-23-12-18/h13-15,19H,5-12H2,1-4H3. The van der Waals surface area contributed by atoms with E-state index in [0.29, 0.717) is 24.7 Å². The molecule has 0 aromatic carbocycles. The number of rotatable bonds is 4. The summed E-state index contributed by atoms with van der Waals surface area (Å²) in [5.74, 6) is 0. The van der Waals surface area contributed by atoms with E-state index in [1.54, 1.807) is 7.11 Å². The van der Waals surface area contributed by atoms with Crippen molar-refractivity contribution >= 4 is 6.09 Å². The quantitative estimate of drug-likeness (QED) is 0.851. The highest BCUT2D eigenvalue weighted by atomic mass is 16.6. The molecule has 6 nitrogen and oxygen atoms in total. The molecule has 0 aromatic rings. The van der Waals surface area contributed by atoms with E-state index in [1.807, 2.05) is 25.7 Å². The molecule has 3 heterocycles. The van der Waals surface area contributed by atoms with Gasteiger partial charge in [0, 0.05) is 44.8 Å². The van der Waals surface area contributed by atoms with Gasteiger partial charge in [0.1, 0.15) is 11.2 Å². The van der Waals surface area contributed by atoms with Crippen LogP contribution in [0.15, 0.2) is 0 Å². The highest BCUT2D eigenvalue weighted by molar-refractivity contribution is 5.69. The number of amides is 1. The molecule has 3 saturated heterocycles. The fourth-order valence-corrected chi connectivity index (χ4v) is 4.25. The number of piperidine rings is 1. The first-order valence-corrected chi connectivity index (χ1v) is 9.19. The Balaban J connectivity index is 1.54. The van der Waals surface area contributed by atoms with Crippen LogP contribution in [0.5, 0.6) is 0 Å². The topological polar surface area (TPSA) is 60.0 Å². The Bertz CT molecular complexity index is 442. The van der Waals surface area contributed by atoms with E-state index in [-0.39, 0.29) is 11.7 Å². The highest BCUT2D eigenvalue weighted by Crippen LogP contribution is 2.37. The van der Waals surface area contributed by atoms with Crippen molar-refractivity contribution < 1.29 is 19.0 Å². The molecule has 0 radical (unpaired) electrons. The van der Waals surface area contributed by atoms with Crippen molar-refractivity contribution in [2.24, 2.45) is 0 Å². The Kier molecular flexibility index (Phi) is 5.09. The molecule has 1 N–H and O–H groups in total. The van der Waals surface area contributed by atoms with Gasteiger partial charge in [-0.3, -0.25) is 0 Å². The minimum absolute atomic E-state index is 0.147. The second-order valence-electron chi connectivity index (χ2n) is 8.51. The summed E-state index contributed by atoms with van der Waals surface area (Å²) in [5.41, 5.74) is -0.611. The van der Waals surface area contributed by atoms with E-state index in [4.69, 9.17) is 14.2 Å². The number of nitrogens with one attached hydrogen (secondary N) is 1. The highest BCUT2D eigenvalue weighted by Gasteiger charge is 2.45. The van der Waals surface area contributed by atoms with Gasteiger partial charge in [-0.1, -0.05) is 0 Å². The second kappa shape index (κ2) is 6.81. The van der Waals surface area contributed by atoms with Gasteiger partial charge >= 0.3 is 6.09 Å². The summed E-state index contributed by atoms with van der Waals surface area (Å²) >= 11 is 0. The van der Waals surface area contributed by atoms with Crippen molar-refractivity contribution in [1.29, 1.82) is 0 Å². The molecule has 0 aliphatic carbocycles. The van der Waals surface area contributed by atoms with Gasteiger partial charge in [0.15, 0.2) is 0 Å². The summed E-state index contributed by atoms with van der Waals surface area (Å²) in [6, 6.07) is 1.04. The third kappa shape index (κ3) is 3.86. The van der Waals surface area contributed by atoms with Gasteiger partial charge in [-0.2, -0.15) is 0 Å². The van der Waals surface area contributed by atoms with E-state index >= 15 is 0 Å². The monoisotopic (exact) mass is 340 g/mol. The van der Waals surface area contributed by atoms with E-state index in [1.165, 1.54) is 0 Å². The number of hydrogen-bond acceptors (Lipinski definition) is 5. The summed E-state index contributed by atoms with van der Waals surface area (Å²) in [6.07, 6.45) is 4.96. The zero-order valence-electron chi connectivity index (χ0n) is 15.5. The van der Waals surface area contributed by atoms with Crippen LogP contribution < -0.4 is 5.32 Å². The fourth-order valence-electron chi connectivity index (χ4n) is 4.25. The van der Waals surface area contributed by atoms with Gasteiger partial charge in [0.2, 0.25) is 0 Å². The van der Waals surface area contributed by atoms with Crippen LogP contribution in [0.4, 0.5) is 4.79 Å². The molecule has 3 unspecified atom stereocenters. The average Bonchev–Trinajstić information content (AvgIpc) is 3.07. The minimum Gasteiger partial charge on any atom is -0.444 e. The molecule has 0 saturated carbocycles. The predicted octanol–water partition coefficient (Wildman–Crippen LogP) is 2.31. The van der Waals surface area contributed by atoms with Crippen LogP contribution in [0, 0.1) is 0 Å². The third-order valence-electron chi connectivity index (χ3n) is 5.55. The Labute approximate surface area is 145 Å². The van der Waals surface area contributed by atoms with Crippen molar-refractivity contribution in [2.45, 2.75) is 82.2 Å². The van der Waals surface area contributed by atoms with Gasteiger partial charge in [-0.05, 0) is 46.5 Å². The van der Waals surface area contributed by atoms with E-state index < -0.39 is 5.60 Å². The maximum absolute atomic E-state index is 12.5. The number of nitrogens with zero attached hydrogens (tertiary/aromatic N) is 1. The molecular formula is C18H32N2O4. The summed E-state index contributed by atoms with van der Waals surface area (Å²) < 4.78 is 16.8. The molecule has 3 fully saturated rings. The molecule has 3 atom stereocenters. The molecule has 138 valence electrons. The number of hydrogen-bond donors (Lipinski definition) is 1. The molecule has 3 aliphatic heterocycles. The number of carbonyl (C=O) groups is 1. The lowest BCUT2D eigenvalue weighted by atomic mass is 9.96. The van der Waals surface area contributed by atoms with Crippen LogP contribution in [-0.4, -0.2) is 67.2 Å². The van der Waals surface area contributed by atoms with Gasteiger partial charge in [0.25, 0.3) is 0 Å². The van der Waals surface area contributed by atoms with E-state index in [2.05, 4.69) is 5.32 Å². The summed E-state index contributed by atoms with van der Waals surface area (Å²) in [4.78, 5) is 14.5. The minimum atomic E-state index is -0.432. The van der Waals surface area contributed by atoms with Gasteiger partial charge in [-0.15, -0.1) is 0 Å². The van der Waals surface area contributed by atoms with Crippen LogP contribution in [0.25, 0.3) is 0 Å². The van der Waals surface area contributed by atoms with Crippen LogP contribution >= 0.6 is 0 Å². The van der Waals surface area contributed by atoms with Gasteiger partial charge in [0.05, 0.1) is 6.61 Å². The average molecular weight is 340 g/mol. The first kappa shape index (κ1) is 18.0. The number of fused-ring (bicyclic) bond motifs is 2. The van der Waals surface area contributed by atoms with Crippen molar-refractivity contribution in [3.05, 3.63) is 0 Å². The van der Waals surface area contributed by atoms with Crippen LogP contribution in [0.3, 0.4) is 0 Å². The molecule has 1 amide bonds. The van der Waals surface area contributed by atoms with Crippen molar-refractivity contribution in [2.75, 3.05) is 26.9 Å². The maximum atomic E-state index is 12.5. The Morgan fingerprint density at radius 3 is 2.46 bits per heavy atom. The largest absolute Gasteiger partial charge is 0.444 e. The van der Waals surface area contributed by atoms with Crippen molar-refractivity contribution in [3.63, 3.8) is 0 Å². The summed E-state index contributed by atoms with van der Waals surface area (Å²) in [5, 5.41) is 3.68. The lowest BCUT2D eigenvalue weighted by molar-refractivity contribution is -0.0220. The summed E-state index contributed by atoms with van der Waals surface area (Å²) in [6.45, 7) is 8.04. The molecule has 0 aromatic heterocycles. The number of carbonyl (C=O) groups excluding carboxylic acids is 1. The number of methoxy groups -OCH3 is 1. The van der Waals surface area contributed by atoms with Crippen LogP contribution in [-0.2, 0) is 14.2 Å². The predicted molar refractivity (Wildman–Crippen MR) is 91.1 cm³/mol. The Hall–Kier alpha value is -0.850. The third-order valence-corrected chi connectivity index (χ3v) is 5.55. The molecule has 24 heavy (non-hydrogen) atoms. The Morgan fingerprint density at radius 2 is 1.96 bits per heavy atom. The van der Waals surface area contributed by atoms with E-state index in [0.717, 1.165) is 45.3 Å². The molecule has 3 rings (SSSR count). The van der Waals surface area contributed by atoms with Crippen molar-refractivity contribution in [1.82, 2.24) is 10.2 Å². The van der Waals surface area contributed by atoms with Crippen molar-refractivity contribution in [3.8, 4) is 0 Å². The molecule has 3 aliphatic rings.